The van der Waals surface area contributed by atoms with E-state index in [9.17, 15) is 18.0 Å². The molecular weight excluding hydrogens is 530 g/mol. The minimum absolute atomic E-state index is 0.101. The molecule has 9 heteroatoms. The monoisotopic (exact) mass is 559 g/mol. The Bertz CT molecular complexity index is 1320. The van der Waals surface area contributed by atoms with E-state index in [0.29, 0.717) is 5.69 Å². The molecule has 35 heavy (non-hydrogen) atoms. The average molecular weight is 561 g/mol. The molecule has 0 saturated heterocycles. The number of hydrogen-bond donors (Lipinski definition) is 1. The zero-order valence-corrected chi connectivity index (χ0v) is 22.6. The number of carbonyl (C=O) groups excluding carboxylic acids is 2. The molecule has 0 heterocycles. The van der Waals surface area contributed by atoms with Gasteiger partial charge >= 0.3 is 0 Å². The van der Waals surface area contributed by atoms with Gasteiger partial charge in [-0.3, -0.25) is 13.9 Å². The van der Waals surface area contributed by atoms with Crippen LogP contribution in [0.4, 0.5) is 5.69 Å². The van der Waals surface area contributed by atoms with Crippen LogP contribution in [0.3, 0.4) is 0 Å². The van der Waals surface area contributed by atoms with Crippen molar-refractivity contribution in [3.8, 4) is 0 Å². The summed E-state index contributed by atoms with van der Waals surface area (Å²) in [5.74, 6) is -0.783. The standard InChI is InChI=1S/C26H30BrN3O4S/c1-18(2)28-26(32)19(3)29(16-20-9-7-12-22(27)15-20)25(31)17-30(35(4,33)34)24-14-8-11-21-10-5-6-13-23(21)24/h5-15,18-19H,16-17H2,1-4H3,(H,28,32)/t19-/m1/s1. The highest BCUT2D eigenvalue weighted by molar-refractivity contribution is 9.10. The van der Waals surface area contributed by atoms with Crippen LogP contribution in [-0.2, 0) is 26.2 Å². The molecule has 0 unspecified atom stereocenters. The molecule has 2 amide bonds. The van der Waals surface area contributed by atoms with E-state index >= 15 is 0 Å². The van der Waals surface area contributed by atoms with Crippen LogP contribution in [0.5, 0.6) is 0 Å². The largest absolute Gasteiger partial charge is 0.352 e. The van der Waals surface area contributed by atoms with Crippen molar-refractivity contribution in [1.82, 2.24) is 10.2 Å². The van der Waals surface area contributed by atoms with Crippen molar-refractivity contribution in [2.75, 3.05) is 17.1 Å². The molecule has 0 spiro atoms. The van der Waals surface area contributed by atoms with Gasteiger partial charge in [-0.15, -0.1) is 0 Å². The Kier molecular flexibility index (Phi) is 8.56. The summed E-state index contributed by atoms with van der Waals surface area (Å²) in [6, 6.07) is 19.3. The van der Waals surface area contributed by atoms with Crippen LogP contribution in [0.1, 0.15) is 26.3 Å². The fraction of sp³-hybridized carbons (Fsp3) is 0.308. The molecule has 0 aromatic heterocycles. The summed E-state index contributed by atoms with van der Waals surface area (Å²) in [5.41, 5.74) is 1.23. The second kappa shape index (κ2) is 11.2. The summed E-state index contributed by atoms with van der Waals surface area (Å²) in [5, 5.41) is 4.42. The minimum atomic E-state index is -3.80. The zero-order valence-electron chi connectivity index (χ0n) is 20.2. The van der Waals surface area contributed by atoms with Gasteiger partial charge in [0.15, 0.2) is 0 Å². The highest BCUT2D eigenvalue weighted by Crippen LogP contribution is 2.28. The van der Waals surface area contributed by atoms with E-state index in [1.807, 2.05) is 68.4 Å². The van der Waals surface area contributed by atoms with E-state index in [1.165, 1.54) is 4.90 Å². The van der Waals surface area contributed by atoms with E-state index in [2.05, 4.69) is 21.2 Å². The highest BCUT2D eigenvalue weighted by atomic mass is 79.9. The summed E-state index contributed by atoms with van der Waals surface area (Å²) < 4.78 is 27.7. The van der Waals surface area contributed by atoms with Crippen molar-refractivity contribution in [2.24, 2.45) is 0 Å². The van der Waals surface area contributed by atoms with Gasteiger partial charge in [0.2, 0.25) is 21.8 Å². The van der Waals surface area contributed by atoms with Crippen LogP contribution < -0.4 is 9.62 Å². The van der Waals surface area contributed by atoms with Crippen molar-refractivity contribution in [2.45, 2.75) is 39.4 Å². The number of halogens is 1. The predicted molar refractivity (Wildman–Crippen MR) is 144 cm³/mol. The third kappa shape index (κ3) is 6.82. The molecule has 0 saturated carbocycles. The third-order valence-corrected chi connectivity index (χ3v) is 7.17. The number of carbonyl (C=O) groups is 2. The number of anilines is 1. The predicted octanol–water partition coefficient (Wildman–Crippen LogP) is 4.31. The maximum absolute atomic E-state index is 13.7. The average Bonchev–Trinajstić information content (AvgIpc) is 2.79. The van der Waals surface area contributed by atoms with E-state index in [1.54, 1.807) is 19.1 Å². The Labute approximate surface area is 215 Å². The fourth-order valence-corrected chi connectivity index (χ4v) is 5.15. The Morgan fingerprint density at radius 2 is 1.63 bits per heavy atom. The smallest absolute Gasteiger partial charge is 0.244 e. The topological polar surface area (TPSA) is 86.8 Å². The van der Waals surface area contributed by atoms with Crippen LogP contribution in [0.25, 0.3) is 10.8 Å². The van der Waals surface area contributed by atoms with Crippen molar-refractivity contribution in [3.63, 3.8) is 0 Å². The molecule has 0 aliphatic carbocycles. The first-order valence-corrected chi connectivity index (χ1v) is 13.9. The lowest BCUT2D eigenvalue weighted by Crippen LogP contribution is -2.52. The van der Waals surface area contributed by atoms with Crippen LogP contribution in [-0.4, -0.2) is 50.0 Å². The molecular formula is C26H30BrN3O4S. The molecule has 0 bridgehead atoms. The number of nitrogens with zero attached hydrogens (tertiary/aromatic N) is 2. The van der Waals surface area contributed by atoms with Crippen molar-refractivity contribution in [3.05, 3.63) is 76.8 Å². The van der Waals surface area contributed by atoms with Crippen molar-refractivity contribution >= 4 is 54.2 Å². The molecule has 0 aliphatic heterocycles. The summed E-state index contributed by atoms with van der Waals surface area (Å²) in [6.45, 7) is 5.06. The van der Waals surface area contributed by atoms with Gasteiger partial charge in [0.1, 0.15) is 12.6 Å². The first-order valence-electron chi connectivity index (χ1n) is 11.3. The lowest BCUT2D eigenvalue weighted by atomic mass is 10.1. The van der Waals surface area contributed by atoms with Gasteiger partial charge in [-0.05, 0) is 49.9 Å². The van der Waals surface area contributed by atoms with E-state index in [-0.39, 0.29) is 18.5 Å². The van der Waals surface area contributed by atoms with E-state index in [4.69, 9.17) is 0 Å². The summed E-state index contributed by atoms with van der Waals surface area (Å²) in [7, 11) is -3.80. The first kappa shape index (κ1) is 26.7. The Morgan fingerprint density at radius 1 is 0.971 bits per heavy atom. The van der Waals surface area contributed by atoms with Gasteiger partial charge in [0, 0.05) is 22.4 Å². The first-order chi connectivity index (χ1) is 16.5. The number of hydrogen-bond acceptors (Lipinski definition) is 4. The maximum atomic E-state index is 13.7. The number of sulfonamides is 1. The normalized spacial score (nSPS) is 12.4. The van der Waals surface area contributed by atoms with Crippen LogP contribution in [0, 0.1) is 0 Å². The van der Waals surface area contributed by atoms with Crippen LogP contribution >= 0.6 is 15.9 Å². The quantitative estimate of drug-likeness (QED) is 0.423. The lowest BCUT2D eigenvalue weighted by Gasteiger charge is -2.32. The van der Waals surface area contributed by atoms with Crippen molar-refractivity contribution in [1.29, 1.82) is 0 Å². The van der Waals surface area contributed by atoms with Gasteiger partial charge in [0.05, 0.1) is 11.9 Å². The summed E-state index contributed by atoms with van der Waals surface area (Å²) >= 11 is 3.44. The summed E-state index contributed by atoms with van der Waals surface area (Å²) in [6.07, 6.45) is 1.08. The Balaban J connectivity index is 2.00. The van der Waals surface area contributed by atoms with Gasteiger partial charge in [-0.2, -0.15) is 0 Å². The van der Waals surface area contributed by atoms with Gasteiger partial charge in [-0.25, -0.2) is 8.42 Å². The van der Waals surface area contributed by atoms with Crippen LogP contribution in [0.15, 0.2) is 71.2 Å². The van der Waals surface area contributed by atoms with Crippen LogP contribution in [0.2, 0.25) is 0 Å². The number of rotatable bonds is 9. The second-order valence-electron chi connectivity index (χ2n) is 8.76. The van der Waals surface area contributed by atoms with Gasteiger partial charge < -0.3 is 10.2 Å². The summed E-state index contributed by atoms with van der Waals surface area (Å²) in [4.78, 5) is 27.9. The SMILES string of the molecule is CC(C)NC(=O)[C@@H](C)N(Cc1cccc(Br)c1)C(=O)CN(c1cccc2ccccc12)S(C)(=O)=O. The molecule has 0 radical (unpaired) electrons. The number of fused-ring (bicyclic) bond motifs is 1. The van der Waals surface area contributed by atoms with E-state index in [0.717, 1.165) is 31.4 Å². The number of amides is 2. The van der Waals surface area contributed by atoms with Crippen molar-refractivity contribution < 1.29 is 18.0 Å². The molecule has 1 atom stereocenters. The van der Waals surface area contributed by atoms with Gasteiger partial charge in [-0.1, -0.05) is 64.5 Å². The Morgan fingerprint density at radius 3 is 2.29 bits per heavy atom. The molecule has 7 nitrogen and oxygen atoms in total. The lowest BCUT2D eigenvalue weighted by molar-refractivity contribution is -0.139. The van der Waals surface area contributed by atoms with Gasteiger partial charge in [0.25, 0.3) is 0 Å². The number of benzene rings is 3. The Hall–Kier alpha value is -2.91. The molecule has 3 aromatic carbocycles. The van der Waals surface area contributed by atoms with E-state index < -0.39 is 28.5 Å². The minimum Gasteiger partial charge on any atom is -0.352 e. The fourth-order valence-electron chi connectivity index (χ4n) is 3.84. The molecule has 3 aromatic rings. The second-order valence-corrected chi connectivity index (χ2v) is 11.6. The zero-order chi connectivity index (χ0) is 25.8. The molecule has 186 valence electrons. The molecule has 0 fully saturated rings. The third-order valence-electron chi connectivity index (χ3n) is 5.55. The molecule has 0 aliphatic rings. The number of nitrogens with one attached hydrogen (secondary N) is 1. The molecule has 1 N–H and O–H groups in total. The maximum Gasteiger partial charge on any atom is 0.244 e. The highest BCUT2D eigenvalue weighted by Gasteiger charge is 2.30. The molecule has 3 rings (SSSR count).